The van der Waals surface area contributed by atoms with Gasteiger partial charge in [0.05, 0.1) is 20.2 Å². The topological polar surface area (TPSA) is 177 Å². The first kappa shape index (κ1) is 32.7. The molecule has 0 spiro atoms. The molecule has 0 saturated carbocycles. The van der Waals surface area contributed by atoms with Crippen molar-refractivity contribution in [2.75, 3.05) is 31.6 Å². The Balaban J connectivity index is 0.000000765. The van der Waals surface area contributed by atoms with E-state index in [0.717, 1.165) is 5.56 Å². The Morgan fingerprint density at radius 2 is 1.40 bits per heavy atom. The number of amides is 1. The molecule has 0 bridgehead atoms. The lowest BCUT2D eigenvalue weighted by atomic mass is 9.84. The molecule has 0 atom stereocenters. The summed E-state index contributed by atoms with van der Waals surface area (Å²) in [7, 11) is 1.36. The van der Waals surface area contributed by atoms with Crippen molar-refractivity contribution in [1.82, 2.24) is 24.7 Å². The molecule has 0 unspecified atom stereocenters. The van der Waals surface area contributed by atoms with E-state index < -0.39 is 23.4 Å². The zero-order valence-electron chi connectivity index (χ0n) is 24.2. The number of carbonyl (C=O) groups is 4. The number of benzene rings is 2. The first-order valence-corrected chi connectivity index (χ1v) is 13.8. The molecular weight excluding hydrogens is 560 g/mol. The lowest BCUT2D eigenvalue weighted by molar-refractivity contribution is -0.159. The molecule has 1 fully saturated rings. The number of likely N-dealkylation sites (tertiary alicyclic amines) is 1. The molecule has 2 N–H and O–H groups in total. The summed E-state index contributed by atoms with van der Waals surface area (Å²) in [6.07, 6.45) is 1.84. The number of aliphatic carboxylic acids is 2. The number of anilines is 1. The van der Waals surface area contributed by atoms with Gasteiger partial charge in [-0.2, -0.15) is 9.36 Å². The Morgan fingerprint density at radius 1 is 0.860 bits per heavy atom. The summed E-state index contributed by atoms with van der Waals surface area (Å²) in [5.41, 5.74) is 0.516. The summed E-state index contributed by atoms with van der Waals surface area (Å²) >= 11 is 0. The van der Waals surface area contributed by atoms with Gasteiger partial charge >= 0.3 is 23.6 Å². The van der Waals surface area contributed by atoms with Crippen molar-refractivity contribution in [2.45, 2.75) is 51.2 Å². The number of carbonyl (C=O) groups excluding carboxylic acids is 2. The zero-order valence-corrected chi connectivity index (χ0v) is 24.2. The number of rotatable bonds is 10. The lowest BCUT2D eigenvalue weighted by Crippen LogP contribution is -2.62. The number of hydrogen-bond acceptors (Lipinski definition) is 9. The van der Waals surface area contributed by atoms with Crippen LogP contribution < -0.4 is 10.6 Å². The van der Waals surface area contributed by atoms with Gasteiger partial charge in [-0.25, -0.2) is 19.2 Å². The van der Waals surface area contributed by atoms with Gasteiger partial charge in [0.15, 0.2) is 0 Å². The van der Waals surface area contributed by atoms with Crippen LogP contribution in [0.15, 0.2) is 65.5 Å². The molecule has 1 amide bonds. The number of ether oxygens (including phenoxy) is 1. The molecule has 3 aromatic rings. The highest BCUT2D eigenvalue weighted by Crippen LogP contribution is 2.35. The minimum absolute atomic E-state index is 0.122. The van der Waals surface area contributed by atoms with Gasteiger partial charge in [0, 0.05) is 31.7 Å². The van der Waals surface area contributed by atoms with Crippen molar-refractivity contribution >= 4 is 29.5 Å². The molecule has 2 heterocycles. The number of esters is 1. The predicted octanol–water partition coefficient (Wildman–Crippen LogP) is 1.29. The summed E-state index contributed by atoms with van der Waals surface area (Å²) < 4.78 is 7.98. The Hall–Kier alpha value is -4.85. The van der Waals surface area contributed by atoms with Crippen LogP contribution >= 0.6 is 0 Å². The van der Waals surface area contributed by atoms with Gasteiger partial charge in [-0.1, -0.05) is 55.5 Å². The molecular formula is C29H36N6O8. The number of tetrazole rings is 1. The number of para-hydroxylation sites is 1. The van der Waals surface area contributed by atoms with Gasteiger partial charge in [0.1, 0.15) is 5.54 Å². The van der Waals surface area contributed by atoms with Crippen molar-refractivity contribution in [3.05, 3.63) is 76.7 Å². The molecule has 1 saturated heterocycles. The van der Waals surface area contributed by atoms with Gasteiger partial charge in [-0.3, -0.25) is 9.69 Å². The highest BCUT2D eigenvalue weighted by molar-refractivity contribution is 6.27. The number of methoxy groups -OCH3 is 1. The van der Waals surface area contributed by atoms with E-state index >= 15 is 0 Å². The molecule has 230 valence electrons. The average molecular weight is 597 g/mol. The van der Waals surface area contributed by atoms with Crippen molar-refractivity contribution < 1.29 is 34.1 Å². The minimum Gasteiger partial charge on any atom is -0.473 e. The molecule has 14 heteroatoms. The van der Waals surface area contributed by atoms with E-state index in [2.05, 4.69) is 15.3 Å². The molecule has 1 aliphatic rings. The zero-order chi connectivity index (χ0) is 31.4. The number of hydrogen-bond donors (Lipinski definition) is 2. The fraction of sp³-hybridized carbons (Fsp3) is 0.414. The SMILES string of the molecule is CCC(=O)N(c1ccccc1)C1(C(=O)OC)CCN(CCn2nnn(CCc3ccccc3)c2=O)CC1.O=C(O)C(=O)O. The maximum atomic E-state index is 13.1. The quantitative estimate of drug-likeness (QED) is 0.255. The third-order valence-electron chi connectivity index (χ3n) is 7.21. The van der Waals surface area contributed by atoms with E-state index in [9.17, 15) is 14.4 Å². The van der Waals surface area contributed by atoms with Crippen LogP contribution in [-0.2, 0) is 43.4 Å². The average Bonchev–Trinajstić information content (AvgIpc) is 3.39. The van der Waals surface area contributed by atoms with Crippen molar-refractivity contribution in [1.29, 1.82) is 0 Å². The standard InChI is InChI=1S/C27H34N6O4.C2H2O4/c1-3-24(34)33(23-12-8-5-9-13-23)27(25(35)37-2)15-18-30(19-16-27)20-21-32-26(36)31(28-29-32)17-14-22-10-6-4-7-11-22;3-1(4)2(5)6/h4-13H,3,14-21H2,1-2H3;(H,3,4)(H,5,6). The van der Waals surface area contributed by atoms with Crippen LogP contribution in [0.4, 0.5) is 5.69 Å². The van der Waals surface area contributed by atoms with Crippen LogP contribution in [0.25, 0.3) is 0 Å². The van der Waals surface area contributed by atoms with Crippen LogP contribution in [0.5, 0.6) is 0 Å². The fourth-order valence-corrected chi connectivity index (χ4v) is 4.92. The Labute approximate surface area is 248 Å². The molecule has 0 aliphatic carbocycles. The van der Waals surface area contributed by atoms with Crippen molar-refractivity contribution in [2.24, 2.45) is 0 Å². The second-order valence-electron chi connectivity index (χ2n) is 9.84. The van der Waals surface area contributed by atoms with Crippen LogP contribution in [0, 0.1) is 0 Å². The summed E-state index contributed by atoms with van der Waals surface area (Å²) in [6, 6.07) is 19.2. The molecule has 1 aromatic heterocycles. The van der Waals surface area contributed by atoms with Gasteiger partial charge in [-0.15, -0.1) is 0 Å². The Bertz CT molecular complexity index is 1420. The molecule has 0 radical (unpaired) electrons. The third-order valence-corrected chi connectivity index (χ3v) is 7.21. The lowest BCUT2D eigenvalue weighted by Gasteiger charge is -2.46. The van der Waals surface area contributed by atoms with Gasteiger partial charge in [0.25, 0.3) is 0 Å². The van der Waals surface area contributed by atoms with E-state index in [1.807, 2.05) is 60.7 Å². The summed E-state index contributed by atoms with van der Waals surface area (Å²) in [5.74, 6) is -4.18. The van der Waals surface area contributed by atoms with Crippen LogP contribution in [0.2, 0.25) is 0 Å². The van der Waals surface area contributed by atoms with E-state index in [4.69, 9.17) is 24.5 Å². The second kappa shape index (κ2) is 15.4. The van der Waals surface area contributed by atoms with Crippen LogP contribution in [0.3, 0.4) is 0 Å². The number of aromatic nitrogens is 4. The molecule has 43 heavy (non-hydrogen) atoms. The maximum Gasteiger partial charge on any atom is 0.414 e. The van der Waals surface area contributed by atoms with E-state index in [-0.39, 0.29) is 18.0 Å². The number of carboxylic acid groups (broad SMARTS) is 2. The van der Waals surface area contributed by atoms with Gasteiger partial charge < -0.3 is 19.8 Å². The predicted molar refractivity (Wildman–Crippen MR) is 154 cm³/mol. The smallest absolute Gasteiger partial charge is 0.414 e. The first-order chi connectivity index (χ1) is 20.6. The summed E-state index contributed by atoms with van der Waals surface area (Å²) in [5, 5.41) is 22.9. The summed E-state index contributed by atoms with van der Waals surface area (Å²) in [4.78, 5) is 60.9. The number of carboxylic acids is 2. The molecule has 1 aliphatic heterocycles. The normalized spacial score (nSPS) is 14.2. The van der Waals surface area contributed by atoms with Crippen molar-refractivity contribution in [3.8, 4) is 0 Å². The third kappa shape index (κ3) is 8.35. The molecule has 14 nitrogen and oxygen atoms in total. The summed E-state index contributed by atoms with van der Waals surface area (Å²) in [6.45, 7) is 4.39. The van der Waals surface area contributed by atoms with Crippen LogP contribution in [0.1, 0.15) is 31.7 Å². The Kier molecular flexibility index (Phi) is 11.7. The van der Waals surface area contributed by atoms with E-state index in [0.29, 0.717) is 57.7 Å². The monoisotopic (exact) mass is 596 g/mol. The molecule has 2 aromatic carbocycles. The van der Waals surface area contributed by atoms with E-state index in [1.54, 1.807) is 11.8 Å². The number of piperidine rings is 1. The minimum atomic E-state index is -1.82. The number of nitrogens with zero attached hydrogens (tertiary/aromatic N) is 6. The van der Waals surface area contributed by atoms with Gasteiger partial charge in [0.2, 0.25) is 5.91 Å². The fourth-order valence-electron chi connectivity index (χ4n) is 4.92. The first-order valence-electron chi connectivity index (χ1n) is 13.8. The maximum absolute atomic E-state index is 13.1. The highest BCUT2D eigenvalue weighted by atomic mass is 16.5. The van der Waals surface area contributed by atoms with Gasteiger partial charge in [-0.05, 0) is 47.4 Å². The number of aryl methyl sites for hydroxylation is 2. The van der Waals surface area contributed by atoms with E-state index in [1.165, 1.54) is 16.5 Å². The molecule has 4 rings (SSSR count). The second-order valence-corrected chi connectivity index (χ2v) is 9.84. The Morgan fingerprint density at radius 3 is 1.91 bits per heavy atom. The highest BCUT2D eigenvalue weighted by Gasteiger charge is 2.49. The largest absolute Gasteiger partial charge is 0.473 e. The van der Waals surface area contributed by atoms with Crippen LogP contribution in [-0.4, -0.2) is 91.0 Å². The van der Waals surface area contributed by atoms with Crippen molar-refractivity contribution in [3.63, 3.8) is 0 Å².